The van der Waals surface area contributed by atoms with Gasteiger partial charge >= 0.3 is 0 Å². The Bertz CT molecular complexity index is 145. The van der Waals surface area contributed by atoms with Crippen molar-refractivity contribution in [2.45, 2.75) is 32.7 Å². The van der Waals surface area contributed by atoms with E-state index < -0.39 is 0 Å². The van der Waals surface area contributed by atoms with Crippen LogP contribution in [0.5, 0.6) is 0 Å². The molecule has 0 spiro atoms. The standard InChI is InChI=1S/C10H17N/c1-4-6-7-8-10(3)11-9-5-2/h5,7-10H,2,4,6H2,1,3H3/b8-7-,11-9-/t10-/m0/s1. The van der Waals surface area contributed by atoms with Crippen LogP contribution >= 0.6 is 0 Å². The fourth-order valence-electron chi connectivity index (χ4n) is 0.706. The molecular weight excluding hydrogens is 134 g/mol. The molecule has 1 nitrogen and oxygen atoms in total. The van der Waals surface area contributed by atoms with Gasteiger partial charge in [-0.2, -0.15) is 0 Å². The molecule has 0 aromatic heterocycles. The minimum absolute atomic E-state index is 0.291. The van der Waals surface area contributed by atoms with Gasteiger partial charge in [-0.15, -0.1) is 0 Å². The normalized spacial score (nSPS) is 14.4. The molecule has 1 atom stereocenters. The molecule has 62 valence electrons. The number of rotatable bonds is 5. The molecule has 0 aliphatic rings. The van der Waals surface area contributed by atoms with Crippen LogP contribution in [0.3, 0.4) is 0 Å². The Morgan fingerprint density at radius 1 is 1.55 bits per heavy atom. The second-order valence-corrected chi connectivity index (χ2v) is 2.49. The second-order valence-electron chi connectivity index (χ2n) is 2.49. The first-order valence-electron chi connectivity index (χ1n) is 4.12. The fraction of sp³-hybridized carbons (Fsp3) is 0.500. The SMILES string of the molecule is C=C/C=N\[C@@H](C)/C=C\CCC. The highest BCUT2D eigenvalue weighted by Crippen LogP contribution is 1.94. The number of allylic oxidation sites excluding steroid dienone is 2. The summed E-state index contributed by atoms with van der Waals surface area (Å²) in [7, 11) is 0. The number of nitrogens with zero attached hydrogens (tertiary/aromatic N) is 1. The van der Waals surface area contributed by atoms with Gasteiger partial charge in [0.05, 0.1) is 6.04 Å². The molecule has 1 heteroatoms. The van der Waals surface area contributed by atoms with Crippen molar-refractivity contribution in [2.75, 3.05) is 0 Å². The lowest BCUT2D eigenvalue weighted by atomic mass is 10.2. The van der Waals surface area contributed by atoms with E-state index in [0.29, 0.717) is 6.04 Å². The highest BCUT2D eigenvalue weighted by atomic mass is 14.7. The van der Waals surface area contributed by atoms with Crippen LogP contribution in [0.2, 0.25) is 0 Å². The van der Waals surface area contributed by atoms with E-state index in [-0.39, 0.29) is 0 Å². The van der Waals surface area contributed by atoms with Gasteiger partial charge in [-0.05, 0) is 13.3 Å². The van der Waals surface area contributed by atoms with Crippen LogP contribution in [0.15, 0.2) is 29.8 Å². The largest absolute Gasteiger partial charge is 0.286 e. The van der Waals surface area contributed by atoms with E-state index in [1.165, 1.54) is 6.42 Å². The molecule has 11 heavy (non-hydrogen) atoms. The molecule has 0 radical (unpaired) electrons. The number of aliphatic imine (C=N–C) groups is 1. The molecule has 0 N–H and O–H groups in total. The van der Waals surface area contributed by atoms with E-state index in [2.05, 4.69) is 37.6 Å². The number of hydrogen-bond donors (Lipinski definition) is 0. The molecule has 0 saturated carbocycles. The minimum Gasteiger partial charge on any atom is -0.286 e. The Labute approximate surface area is 69.5 Å². The third-order valence-corrected chi connectivity index (χ3v) is 1.30. The Morgan fingerprint density at radius 2 is 2.27 bits per heavy atom. The van der Waals surface area contributed by atoms with E-state index >= 15 is 0 Å². The third-order valence-electron chi connectivity index (χ3n) is 1.30. The molecule has 0 aromatic rings. The van der Waals surface area contributed by atoms with Gasteiger partial charge in [0.2, 0.25) is 0 Å². The molecule has 0 unspecified atom stereocenters. The van der Waals surface area contributed by atoms with Gasteiger partial charge in [-0.25, -0.2) is 0 Å². The number of hydrogen-bond acceptors (Lipinski definition) is 1. The van der Waals surface area contributed by atoms with Gasteiger partial charge in [-0.1, -0.05) is 38.2 Å². The van der Waals surface area contributed by atoms with Crippen molar-refractivity contribution in [3.8, 4) is 0 Å². The average Bonchev–Trinajstić information content (AvgIpc) is 2.01. The van der Waals surface area contributed by atoms with Crippen molar-refractivity contribution in [3.63, 3.8) is 0 Å². The quantitative estimate of drug-likeness (QED) is 0.423. The smallest absolute Gasteiger partial charge is 0.0651 e. The topological polar surface area (TPSA) is 12.4 Å². The van der Waals surface area contributed by atoms with Crippen LogP contribution in [-0.4, -0.2) is 12.3 Å². The maximum absolute atomic E-state index is 4.18. The summed E-state index contributed by atoms with van der Waals surface area (Å²) in [5, 5.41) is 0. The average molecular weight is 151 g/mol. The van der Waals surface area contributed by atoms with Crippen LogP contribution in [-0.2, 0) is 0 Å². The van der Waals surface area contributed by atoms with E-state index in [9.17, 15) is 0 Å². The van der Waals surface area contributed by atoms with E-state index in [0.717, 1.165) is 6.42 Å². The molecule has 0 saturated heterocycles. The van der Waals surface area contributed by atoms with E-state index in [1.807, 2.05) is 0 Å². The summed E-state index contributed by atoms with van der Waals surface area (Å²) < 4.78 is 0. The first-order valence-corrected chi connectivity index (χ1v) is 4.12. The molecular formula is C10H17N. The van der Waals surface area contributed by atoms with Crippen molar-refractivity contribution >= 4 is 6.21 Å². The van der Waals surface area contributed by atoms with Crippen molar-refractivity contribution < 1.29 is 0 Å². The van der Waals surface area contributed by atoms with E-state index in [4.69, 9.17) is 0 Å². The molecule has 0 aliphatic heterocycles. The molecule has 0 amide bonds. The zero-order valence-corrected chi connectivity index (χ0v) is 7.46. The Balaban J connectivity index is 3.58. The van der Waals surface area contributed by atoms with Crippen LogP contribution in [0, 0.1) is 0 Å². The predicted octanol–water partition coefficient (Wildman–Crippen LogP) is 2.99. The van der Waals surface area contributed by atoms with Gasteiger partial charge < -0.3 is 0 Å². The summed E-state index contributed by atoms with van der Waals surface area (Å²) in [6.07, 6.45) is 10.1. The van der Waals surface area contributed by atoms with Gasteiger partial charge in [0.15, 0.2) is 0 Å². The minimum atomic E-state index is 0.291. The summed E-state index contributed by atoms with van der Waals surface area (Å²) in [6, 6.07) is 0.291. The summed E-state index contributed by atoms with van der Waals surface area (Å²) in [5.41, 5.74) is 0. The summed E-state index contributed by atoms with van der Waals surface area (Å²) >= 11 is 0. The zero-order valence-electron chi connectivity index (χ0n) is 7.46. The van der Waals surface area contributed by atoms with Crippen molar-refractivity contribution in [1.82, 2.24) is 0 Å². The zero-order chi connectivity index (χ0) is 8.53. The molecule has 0 heterocycles. The first kappa shape index (κ1) is 10.2. The van der Waals surface area contributed by atoms with Gasteiger partial charge in [0, 0.05) is 6.21 Å². The van der Waals surface area contributed by atoms with E-state index in [1.54, 1.807) is 12.3 Å². The predicted molar refractivity (Wildman–Crippen MR) is 52.2 cm³/mol. The maximum Gasteiger partial charge on any atom is 0.0651 e. The monoisotopic (exact) mass is 151 g/mol. The highest BCUT2D eigenvalue weighted by Gasteiger charge is 1.86. The Morgan fingerprint density at radius 3 is 2.82 bits per heavy atom. The van der Waals surface area contributed by atoms with Crippen molar-refractivity contribution in [2.24, 2.45) is 4.99 Å². The molecule has 0 fully saturated rings. The van der Waals surface area contributed by atoms with Crippen LogP contribution in [0.1, 0.15) is 26.7 Å². The second kappa shape index (κ2) is 7.26. The lowest BCUT2D eigenvalue weighted by Gasteiger charge is -1.95. The summed E-state index contributed by atoms with van der Waals surface area (Å²) in [6.45, 7) is 7.79. The maximum atomic E-state index is 4.18. The molecule has 0 aliphatic carbocycles. The number of unbranched alkanes of at least 4 members (excludes halogenated alkanes) is 1. The first-order chi connectivity index (χ1) is 5.31. The molecule has 0 rings (SSSR count). The van der Waals surface area contributed by atoms with Gasteiger partial charge in [-0.3, -0.25) is 4.99 Å². The molecule has 0 bridgehead atoms. The lowest BCUT2D eigenvalue weighted by Crippen LogP contribution is -1.90. The van der Waals surface area contributed by atoms with Crippen LogP contribution in [0.4, 0.5) is 0 Å². The van der Waals surface area contributed by atoms with Crippen LogP contribution in [0.25, 0.3) is 0 Å². The Hall–Kier alpha value is -0.850. The van der Waals surface area contributed by atoms with Crippen molar-refractivity contribution in [1.29, 1.82) is 0 Å². The van der Waals surface area contributed by atoms with Gasteiger partial charge in [0.25, 0.3) is 0 Å². The molecule has 0 aromatic carbocycles. The summed E-state index contributed by atoms with van der Waals surface area (Å²) in [4.78, 5) is 4.18. The van der Waals surface area contributed by atoms with Crippen molar-refractivity contribution in [3.05, 3.63) is 24.8 Å². The summed E-state index contributed by atoms with van der Waals surface area (Å²) in [5.74, 6) is 0. The lowest BCUT2D eigenvalue weighted by molar-refractivity contribution is 0.902. The van der Waals surface area contributed by atoms with Crippen LogP contribution < -0.4 is 0 Å². The van der Waals surface area contributed by atoms with Gasteiger partial charge in [0.1, 0.15) is 0 Å². The third kappa shape index (κ3) is 7.04. The highest BCUT2D eigenvalue weighted by molar-refractivity contribution is 5.70. The Kier molecular flexibility index (Phi) is 6.70. The fourth-order valence-corrected chi connectivity index (χ4v) is 0.706.